The Hall–Kier alpha value is -2.02. The maximum atomic E-state index is 12.2. The van der Waals surface area contributed by atoms with Crippen LogP contribution in [0.2, 0.25) is 0 Å². The largest absolute Gasteiger partial charge is 0.464 e. The zero-order valence-electron chi connectivity index (χ0n) is 12.6. The number of furan rings is 2. The van der Waals surface area contributed by atoms with E-state index in [1.54, 1.807) is 26.2 Å². The number of amides is 2. The molecule has 0 bridgehead atoms. The quantitative estimate of drug-likeness (QED) is 0.813. The molecule has 2 amide bonds. The van der Waals surface area contributed by atoms with Gasteiger partial charge in [0.1, 0.15) is 11.5 Å². The Morgan fingerprint density at radius 3 is 2.36 bits per heavy atom. The van der Waals surface area contributed by atoms with E-state index in [-0.39, 0.29) is 24.1 Å². The number of aryl methyl sites for hydroxylation is 1. The first-order valence-corrected chi connectivity index (χ1v) is 7.46. The molecule has 6 nitrogen and oxygen atoms in total. The Balaban J connectivity index is 1.91. The summed E-state index contributed by atoms with van der Waals surface area (Å²) in [4.78, 5) is 27.1. The van der Waals surface area contributed by atoms with Gasteiger partial charge in [0, 0.05) is 14.1 Å². The van der Waals surface area contributed by atoms with Crippen LogP contribution in [0.1, 0.15) is 22.1 Å². The van der Waals surface area contributed by atoms with Gasteiger partial charge in [-0.25, -0.2) is 0 Å². The molecule has 0 aromatic carbocycles. The number of hydrogen-bond acceptors (Lipinski definition) is 4. The maximum Gasteiger partial charge on any atom is 0.289 e. The summed E-state index contributed by atoms with van der Waals surface area (Å²) in [6.45, 7) is 2.17. The summed E-state index contributed by atoms with van der Waals surface area (Å²) in [5, 5.41) is 0. The molecule has 2 aromatic rings. The first kappa shape index (κ1) is 16.4. The van der Waals surface area contributed by atoms with Crippen LogP contribution in [0.3, 0.4) is 0 Å². The second kappa shape index (κ2) is 6.83. The SMILES string of the molecule is Cc1ccc(CN(C)C(=O)CN(C)C(=O)c2ccc(Br)o2)o1. The normalized spacial score (nSPS) is 10.5. The summed E-state index contributed by atoms with van der Waals surface area (Å²) in [7, 11) is 3.23. The molecule has 0 spiro atoms. The lowest BCUT2D eigenvalue weighted by molar-refractivity contribution is -0.131. The van der Waals surface area contributed by atoms with Crippen LogP contribution in [0.15, 0.2) is 37.8 Å². The van der Waals surface area contributed by atoms with Crippen LogP contribution in [-0.4, -0.2) is 42.3 Å². The predicted molar refractivity (Wildman–Crippen MR) is 83.3 cm³/mol. The lowest BCUT2D eigenvalue weighted by Gasteiger charge is -2.20. The van der Waals surface area contributed by atoms with Crippen molar-refractivity contribution in [3.8, 4) is 0 Å². The summed E-state index contributed by atoms with van der Waals surface area (Å²) < 4.78 is 11.1. The van der Waals surface area contributed by atoms with E-state index in [2.05, 4.69) is 15.9 Å². The van der Waals surface area contributed by atoms with Crippen LogP contribution < -0.4 is 0 Å². The van der Waals surface area contributed by atoms with Gasteiger partial charge in [0.2, 0.25) is 5.91 Å². The van der Waals surface area contributed by atoms with Gasteiger partial charge in [-0.2, -0.15) is 0 Å². The minimum atomic E-state index is -0.346. The molecule has 2 aromatic heterocycles. The van der Waals surface area contributed by atoms with Crippen molar-refractivity contribution < 1.29 is 18.4 Å². The second-order valence-electron chi connectivity index (χ2n) is 5.03. The number of hydrogen-bond donors (Lipinski definition) is 0. The average Bonchev–Trinajstić information content (AvgIpc) is 3.06. The van der Waals surface area contributed by atoms with Crippen LogP contribution in [-0.2, 0) is 11.3 Å². The fraction of sp³-hybridized carbons (Fsp3) is 0.333. The highest BCUT2D eigenvalue weighted by atomic mass is 79.9. The molecule has 0 saturated heterocycles. The van der Waals surface area contributed by atoms with Gasteiger partial charge in [0.25, 0.3) is 5.91 Å². The van der Waals surface area contributed by atoms with Crippen molar-refractivity contribution in [3.05, 3.63) is 46.2 Å². The fourth-order valence-corrected chi connectivity index (χ4v) is 2.21. The molecule has 0 N–H and O–H groups in total. The number of nitrogens with zero attached hydrogens (tertiary/aromatic N) is 2. The molecule has 0 aliphatic heterocycles. The van der Waals surface area contributed by atoms with Gasteiger partial charge >= 0.3 is 0 Å². The van der Waals surface area contributed by atoms with Crippen molar-refractivity contribution in [2.75, 3.05) is 20.6 Å². The zero-order chi connectivity index (χ0) is 16.3. The van der Waals surface area contributed by atoms with Gasteiger partial charge in [-0.3, -0.25) is 9.59 Å². The fourth-order valence-electron chi connectivity index (χ4n) is 1.90. The molecule has 0 fully saturated rings. The highest BCUT2D eigenvalue weighted by Gasteiger charge is 2.20. The third kappa shape index (κ3) is 4.00. The third-order valence-corrected chi connectivity index (χ3v) is 3.54. The number of likely N-dealkylation sites (N-methyl/N-ethyl adjacent to an activating group) is 2. The summed E-state index contributed by atoms with van der Waals surface area (Å²) >= 11 is 3.14. The van der Waals surface area contributed by atoms with E-state index in [1.165, 1.54) is 9.80 Å². The van der Waals surface area contributed by atoms with Gasteiger partial charge in [-0.15, -0.1) is 0 Å². The summed E-state index contributed by atoms with van der Waals surface area (Å²) in [5.74, 6) is 1.16. The van der Waals surface area contributed by atoms with E-state index >= 15 is 0 Å². The highest BCUT2D eigenvalue weighted by molar-refractivity contribution is 9.10. The van der Waals surface area contributed by atoms with Gasteiger partial charge in [-0.05, 0) is 47.1 Å². The van der Waals surface area contributed by atoms with Gasteiger partial charge < -0.3 is 18.6 Å². The number of carbonyl (C=O) groups excluding carboxylic acids is 2. The molecule has 2 heterocycles. The first-order chi connectivity index (χ1) is 10.4. The monoisotopic (exact) mass is 368 g/mol. The zero-order valence-corrected chi connectivity index (χ0v) is 14.2. The molecule has 7 heteroatoms. The van der Waals surface area contributed by atoms with E-state index in [1.807, 2.05) is 19.1 Å². The van der Waals surface area contributed by atoms with E-state index in [9.17, 15) is 9.59 Å². The van der Waals surface area contributed by atoms with Crippen LogP contribution >= 0.6 is 15.9 Å². The van der Waals surface area contributed by atoms with Crippen LogP contribution in [0.25, 0.3) is 0 Å². The van der Waals surface area contributed by atoms with E-state index < -0.39 is 0 Å². The second-order valence-corrected chi connectivity index (χ2v) is 5.81. The van der Waals surface area contributed by atoms with Gasteiger partial charge in [0.15, 0.2) is 10.4 Å². The molecule has 118 valence electrons. The minimum Gasteiger partial charge on any atom is -0.464 e. The topological polar surface area (TPSA) is 66.9 Å². The predicted octanol–water partition coefficient (Wildman–Crippen LogP) is 2.67. The highest BCUT2D eigenvalue weighted by Crippen LogP contribution is 2.15. The van der Waals surface area contributed by atoms with Crippen LogP contribution in [0.5, 0.6) is 0 Å². The smallest absolute Gasteiger partial charge is 0.289 e. The number of rotatable bonds is 5. The average molecular weight is 369 g/mol. The molecule has 0 aliphatic rings. The molecule has 22 heavy (non-hydrogen) atoms. The Morgan fingerprint density at radius 1 is 1.09 bits per heavy atom. The molecular formula is C15H17BrN2O4. The van der Waals surface area contributed by atoms with Gasteiger partial charge in [0.05, 0.1) is 13.1 Å². The maximum absolute atomic E-state index is 12.2. The van der Waals surface area contributed by atoms with Crippen molar-refractivity contribution in [2.45, 2.75) is 13.5 Å². The lowest BCUT2D eigenvalue weighted by Crippen LogP contribution is -2.39. The van der Waals surface area contributed by atoms with Crippen molar-refractivity contribution in [1.82, 2.24) is 9.80 Å². The van der Waals surface area contributed by atoms with E-state index in [4.69, 9.17) is 8.83 Å². The summed E-state index contributed by atoms with van der Waals surface area (Å²) in [6.07, 6.45) is 0. The molecular weight excluding hydrogens is 352 g/mol. The molecule has 0 saturated carbocycles. The van der Waals surface area contributed by atoms with Gasteiger partial charge in [-0.1, -0.05) is 0 Å². The summed E-state index contributed by atoms with van der Waals surface area (Å²) in [5.41, 5.74) is 0. The van der Waals surface area contributed by atoms with Crippen molar-refractivity contribution in [1.29, 1.82) is 0 Å². The molecule has 0 unspecified atom stereocenters. The summed E-state index contributed by atoms with van der Waals surface area (Å²) in [6, 6.07) is 6.86. The molecule has 2 rings (SSSR count). The molecule has 0 aliphatic carbocycles. The Morgan fingerprint density at radius 2 is 1.82 bits per heavy atom. The molecule has 0 atom stereocenters. The minimum absolute atomic E-state index is 0.0344. The van der Waals surface area contributed by atoms with E-state index in [0.29, 0.717) is 17.0 Å². The van der Waals surface area contributed by atoms with Crippen molar-refractivity contribution in [3.63, 3.8) is 0 Å². The lowest BCUT2D eigenvalue weighted by atomic mass is 10.3. The molecule has 0 radical (unpaired) electrons. The van der Waals surface area contributed by atoms with Crippen LogP contribution in [0.4, 0.5) is 0 Å². The Kier molecular flexibility index (Phi) is 5.07. The number of halogens is 1. The van der Waals surface area contributed by atoms with Crippen molar-refractivity contribution >= 4 is 27.7 Å². The number of carbonyl (C=O) groups is 2. The standard InChI is InChI=1S/C15H17BrN2O4/c1-10-4-5-11(21-10)8-17(2)14(19)9-18(3)15(20)12-6-7-13(16)22-12/h4-7H,8-9H2,1-3H3. The third-order valence-electron chi connectivity index (χ3n) is 3.12. The Bertz CT molecular complexity index is 677. The first-order valence-electron chi connectivity index (χ1n) is 6.67. The van der Waals surface area contributed by atoms with Crippen LogP contribution in [0, 0.1) is 6.92 Å². The Labute approximate surface area is 136 Å². The van der Waals surface area contributed by atoms with E-state index in [0.717, 1.165) is 5.76 Å². The van der Waals surface area contributed by atoms with Crippen molar-refractivity contribution in [2.24, 2.45) is 0 Å².